The molecule has 1 N–H and O–H groups in total. The summed E-state index contributed by atoms with van der Waals surface area (Å²) in [6.45, 7) is 5.45. The molecule has 20 heavy (non-hydrogen) atoms. The number of likely N-dealkylation sites (N-methyl/N-ethyl adjacent to an activating group) is 1. The average molecular weight is 280 g/mol. The van der Waals surface area contributed by atoms with Gasteiger partial charge >= 0.3 is 6.03 Å². The number of ether oxygens (including phenoxy) is 1. The van der Waals surface area contributed by atoms with Crippen LogP contribution in [0.25, 0.3) is 0 Å². The molecule has 0 bridgehead atoms. The zero-order valence-corrected chi connectivity index (χ0v) is 12.7. The third-order valence-corrected chi connectivity index (χ3v) is 3.29. The largest absolute Gasteiger partial charge is 0.497 e. The molecule has 0 aliphatic carbocycles. The molecule has 0 aliphatic heterocycles. The molecular weight excluding hydrogens is 256 g/mol. The maximum absolute atomic E-state index is 12.1. The Kier molecular flexibility index (Phi) is 6.31. The smallest absolute Gasteiger partial charge is 0.319 e. The zero-order chi connectivity index (χ0) is 15.1. The molecule has 1 atom stereocenters. The minimum absolute atomic E-state index is 0.0723. The molecule has 0 radical (unpaired) electrons. The van der Waals surface area contributed by atoms with Gasteiger partial charge in [0.1, 0.15) is 5.75 Å². The Morgan fingerprint density at radius 1 is 1.35 bits per heavy atom. The second-order valence-electron chi connectivity index (χ2n) is 4.63. The Balaban J connectivity index is 2.69. The van der Waals surface area contributed by atoms with Crippen LogP contribution < -0.4 is 4.74 Å². The minimum atomic E-state index is -0.727. The number of hydrogen-bond donors (Lipinski definition) is 1. The summed E-state index contributed by atoms with van der Waals surface area (Å²) in [6, 6.07) is 7.17. The molecule has 2 amide bonds. The van der Waals surface area contributed by atoms with Crippen LogP contribution >= 0.6 is 0 Å². The predicted molar refractivity (Wildman–Crippen MR) is 78.9 cm³/mol. The van der Waals surface area contributed by atoms with Gasteiger partial charge in [-0.15, -0.1) is 0 Å². The van der Waals surface area contributed by atoms with Gasteiger partial charge in [-0.3, -0.25) is 0 Å². The van der Waals surface area contributed by atoms with Gasteiger partial charge in [0.05, 0.1) is 19.8 Å². The molecule has 0 heterocycles. The van der Waals surface area contributed by atoms with Crippen LogP contribution in [0.4, 0.5) is 4.79 Å². The molecule has 5 heteroatoms. The fraction of sp³-hybridized carbons (Fsp3) is 0.533. The average Bonchev–Trinajstić information content (AvgIpc) is 2.48. The maximum Gasteiger partial charge on any atom is 0.319 e. The van der Waals surface area contributed by atoms with Gasteiger partial charge in [-0.2, -0.15) is 0 Å². The number of aliphatic hydroxyl groups is 1. The number of benzene rings is 1. The van der Waals surface area contributed by atoms with Crippen molar-refractivity contribution in [2.75, 3.05) is 33.8 Å². The third-order valence-electron chi connectivity index (χ3n) is 3.29. The van der Waals surface area contributed by atoms with Gasteiger partial charge in [-0.05, 0) is 31.5 Å². The Labute approximate surface area is 120 Å². The van der Waals surface area contributed by atoms with Crippen LogP contribution in [-0.2, 0) is 0 Å². The fourth-order valence-corrected chi connectivity index (χ4v) is 2.03. The molecule has 0 spiro atoms. The molecule has 1 aromatic rings. The first-order valence-corrected chi connectivity index (χ1v) is 6.85. The summed E-state index contributed by atoms with van der Waals surface area (Å²) in [7, 11) is 3.28. The highest BCUT2D eigenvalue weighted by Gasteiger charge is 2.18. The highest BCUT2D eigenvalue weighted by molar-refractivity contribution is 5.74. The van der Waals surface area contributed by atoms with Crippen molar-refractivity contribution in [3.8, 4) is 5.75 Å². The van der Waals surface area contributed by atoms with Crippen LogP contribution in [-0.4, -0.2) is 54.7 Å². The molecule has 1 aromatic carbocycles. The van der Waals surface area contributed by atoms with E-state index in [4.69, 9.17) is 4.74 Å². The molecule has 0 saturated heterocycles. The van der Waals surface area contributed by atoms with Crippen LogP contribution in [0.2, 0.25) is 0 Å². The van der Waals surface area contributed by atoms with E-state index in [1.54, 1.807) is 25.1 Å². The summed E-state index contributed by atoms with van der Waals surface area (Å²) in [5, 5.41) is 10.2. The molecule has 0 aliphatic rings. The van der Waals surface area contributed by atoms with Crippen LogP contribution in [0, 0.1) is 0 Å². The molecular formula is C15H24N2O3. The number of amides is 2. The molecule has 1 rings (SSSR count). The Morgan fingerprint density at radius 2 is 2.00 bits per heavy atom. The summed E-state index contributed by atoms with van der Waals surface area (Å²) < 4.78 is 5.13. The quantitative estimate of drug-likeness (QED) is 0.868. The number of rotatable bonds is 6. The summed E-state index contributed by atoms with van der Waals surface area (Å²) in [4.78, 5) is 15.4. The first-order valence-electron chi connectivity index (χ1n) is 6.85. The van der Waals surface area contributed by atoms with Gasteiger partial charge in [0.25, 0.3) is 0 Å². The first-order chi connectivity index (χ1) is 9.53. The van der Waals surface area contributed by atoms with Gasteiger partial charge in [0, 0.05) is 20.1 Å². The maximum atomic E-state index is 12.1. The van der Waals surface area contributed by atoms with E-state index in [9.17, 15) is 9.90 Å². The van der Waals surface area contributed by atoms with Crippen molar-refractivity contribution in [3.05, 3.63) is 29.8 Å². The van der Waals surface area contributed by atoms with Crippen molar-refractivity contribution in [2.45, 2.75) is 20.0 Å². The van der Waals surface area contributed by atoms with Crippen molar-refractivity contribution in [1.82, 2.24) is 9.80 Å². The number of methoxy groups -OCH3 is 1. The van der Waals surface area contributed by atoms with Gasteiger partial charge in [0.15, 0.2) is 0 Å². The number of hydrogen-bond acceptors (Lipinski definition) is 3. The lowest BCUT2D eigenvalue weighted by Crippen LogP contribution is -2.42. The summed E-state index contributed by atoms with van der Waals surface area (Å²) in [5.41, 5.74) is 0.739. The van der Waals surface area contributed by atoms with Crippen molar-refractivity contribution in [1.29, 1.82) is 0 Å². The fourth-order valence-electron chi connectivity index (χ4n) is 2.03. The zero-order valence-electron chi connectivity index (χ0n) is 12.7. The van der Waals surface area contributed by atoms with E-state index in [0.717, 1.165) is 5.56 Å². The number of nitrogens with zero attached hydrogens (tertiary/aromatic N) is 2. The van der Waals surface area contributed by atoms with Gasteiger partial charge in [-0.1, -0.05) is 12.1 Å². The number of carbonyl (C=O) groups excluding carboxylic acids is 1. The Bertz CT molecular complexity index is 433. The molecule has 112 valence electrons. The Morgan fingerprint density at radius 3 is 2.55 bits per heavy atom. The van der Waals surface area contributed by atoms with Crippen molar-refractivity contribution < 1.29 is 14.6 Å². The van der Waals surface area contributed by atoms with Crippen LogP contribution in [0.1, 0.15) is 25.5 Å². The lowest BCUT2D eigenvalue weighted by molar-refractivity contribution is 0.115. The van der Waals surface area contributed by atoms with Crippen molar-refractivity contribution in [2.24, 2.45) is 0 Å². The molecule has 0 fully saturated rings. The van der Waals surface area contributed by atoms with Crippen molar-refractivity contribution in [3.63, 3.8) is 0 Å². The van der Waals surface area contributed by atoms with E-state index >= 15 is 0 Å². The van der Waals surface area contributed by atoms with Crippen molar-refractivity contribution >= 4 is 6.03 Å². The van der Waals surface area contributed by atoms with E-state index in [1.165, 1.54) is 4.90 Å². The second-order valence-corrected chi connectivity index (χ2v) is 4.63. The van der Waals surface area contributed by atoms with E-state index < -0.39 is 6.10 Å². The van der Waals surface area contributed by atoms with Crippen LogP contribution in [0.5, 0.6) is 5.75 Å². The van der Waals surface area contributed by atoms with Gasteiger partial charge < -0.3 is 19.6 Å². The van der Waals surface area contributed by atoms with E-state index in [1.807, 2.05) is 32.0 Å². The summed E-state index contributed by atoms with van der Waals surface area (Å²) >= 11 is 0. The highest BCUT2D eigenvalue weighted by atomic mass is 16.5. The molecule has 1 unspecified atom stereocenters. The molecule has 0 saturated carbocycles. The number of aliphatic hydroxyl groups excluding tert-OH is 1. The topological polar surface area (TPSA) is 53.0 Å². The Hall–Kier alpha value is -1.75. The monoisotopic (exact) mass is 280 g/mol. The lowest BCUT2D eigenvalue weighted by atomic mass is 10.1. The molecule has 0 aromatic heterocycles. The highest BCUT2D eigenvalue weighted by Crippen LogP contribution is 2.19. The lowest BCUT2D eigenvalue weighted by Gasteiger charge is -2.27. The predicted octanol–water partition coefficient (Wildman–Crippen LogP) is 2.12. The summed E-state index contributed by atoms with van der Waals surface area (Å²) in [5.74, 6) is 0.694. The number of urea groups is 1. The standard InChI is InChI=1S/C15H24N2O3/c1-5-17(6-2)15(19)16(3)11-14(18)12-8-7-9-13(10-12)20-4/h7-10,14,18H,5-6,11H2,1-4H3. The van der Waals surface area contributed by atoms with E-state index in [2.05, 4.69) is 0 Å². The van der Waals surface area contributed by atoms with Gasteiger partial charge in [-0.25, -0.2) is 4.79 Å². The minimum Gasteiger partial charge on any atom is -0.497 e. The number of carbonyl (C=O) groups is 1. The first kappa shape index (κ1) is 16.3. The molecule has 5 nitrogen and oxygen atoms in total. The van der Waals surface area contributed by atoms with Gasteiger partial charge in [0.2, 0.25) is 0 Å². The SMILES string of the molecule is CCN(CC)C(=O)N(C)CC(O)c1cccc(OC)c1. The van der Waals surface area contributed by atoms with Crippen LogP contribution in [0.15, 0.2) is 24.3 Å². The second kappa shape index (κ2) is 7.75. The van der Waals surface area contributed by atoms with E-state index in [-0.39, 0.29) is 12.6 Å². The van der Waals surface area contributed by atoms with E-state index in [0.29, 0.717) is 18.8 Å². The third kappa shape index (κ3) is 4.13. The summed E-state index contributed by atoms with van der Waals surface area (Å²) in [6.07, 6.45) is -0.727. The van der Waals surface area contributed by atoms with Crippen LogP contribution in [0.3, 0.4) is 0 Å². The normalized spacial score (nSPS) is 11.8.